The van der Waals surface area contributed by atoms with Crippen molar-refractivity contribution in [3.63, 3.8) is 0 Å². The third kappa shape index (κ3) is 3.56. The average molecular weight is 315 g/mol. The number of likely N-dealkylation sites (tertiary alicyclic amines) is 1. The van der Waals surface area contributed by atoms with Crippen molar-refractivity contribution in [2.45, 2.75) is 25.7 Å². The van der Waals surface area contributed by atoms with E-state index >= 15 is 0 Å². The van der Waals surface area contributed by atoms with Gasteiger partial charge in [-0.05, 0) is 25.8 Å². The van der Waals surface area contributed by atoms with Gasteiger partial charge in [0, 0.05) is 38.0 Å². The Labute approximate surface area is 135 Å². The topological polar surface area (TPSA) is 84.0 Å². The highest BCUT2D eigenvalue weighted by Crippen LogP contribution is 2.26. The fourth-order valence-corrected chi connectivity index (χ4v) is 2.89. The predicted octanol–water partition coefficient (Wildman–Crippen LogP) is 1.53. The molecule has 1 atom stereocenters. The number of carbonyl (C=O) groups excluding carboxylic acids is 1. The molecule has 0 aliphatic carbocycles. The van der Waals surface area contributed by atoms with Crippen molar-refractivity contribution in [2.24, 2.45) is 0 Å². The summed E-state index contributed by atoms with van der Waals surface area (Å²) < 4.78 is 4.94. The van der Waals surface area contributed by atoms with Gasteiger partial charge in [0.15, 0.2) is 0 Å². The summed E-state index contributed by atoms with van der Waals surface area (Å²) in [4.78, 5) is 22.8. The van der Waals surface area contributed by atoms with Crippen LogP contribution in [0.5, 0.6) is 0 Å². The number of methoxy groups -OCH3 is 1. The minimum atomic E-state index is 0.0359. The molecule has 2 aromatic heterocycles. The van der Waals surface area contributed by atoms with Crippen LogP contribution in [0.25, 0.3) is 11.4 Å². The first-order chi connectivity index (χ1) is 11.2. The number of amides is 1. The zero-order chi connectivity index (χ0) is 16.2. The van der Waals surface area contributed by atoms with Crippen LogP contribution in [0.15, 0.2) is 18.5 Å². The van der Waals surface area contributed by atoms with Gasteiger partial charge in [-0.15, -0.1) is 0 Å². The van der Waals surface area contributed by atoms with Gasteiger partial charge in [-0.25, -0.2) is 0 Å². The predicted molar refractivity (Wildman–Crippen MR) is 84.8 cm³/mol. The first-order valence-corrected chi connectivity index (χ1v) is 7.78. The van der Waals surface area contributed by atoms with Crippen LogP contribution in [0.2, 0.25) is 0 Å². The Kier molecular flexibility index (Phi) is 4.66. The number of aryl methyl sites for hydroxylation is 1. The number of rotatable bonds is 4. The third-order valence-corrected chi connectivity index (χ3v) is 4.10. The Hall–Kier alpha value is -2.28. The van der Waals surface area contributed by atoms with E-state index in [4.69, 9.17) is 4.74 Å². The summed E-state index contributed by atoms with van der Waals surface area (Å²) in [7, 11) is 1.54. The van der Waals surface area contributed by atoms with Gasteiger partial charge in [0.25, 0.3) is 0 Å². The summed E-state index contributed by atoms with van der Waals surface area (Å²) >= 11 is 0. The standard InChI is InChI=1S/C16H21N5O2/c1-11-6-13(20-19-11)15-8-17-14(7-18-15)12-4-3-5-21(9-12)16(22)10-23-2/h6-8,12H,3-5,9-10H2,1-2H3,(H,19,20)/t12-/m0/s1. The molecule has 0 unspecified atom stereocenters. The van der Waals surface area contributed by atoms with Crippen molar-refractivity contribution in [3.8, 4) is 11.4 Å². The molecule has 3 rings (SSSR count). The average Bonchev–Trinajstić information content (AvgIpc) is 3.02. The maximum Gasteiger partial charge on any atom is 0.248 e. The number of carbonyl (C=O) groups is 1. The van der Waals surface area contributed by atoms with E-state index in [1.165, 1.54) is 0 Å². The van der Waals surface area contributed by atoms with Crippen molar-refractivity contribution < 1.29 is 9.53 Å². The van der Waals surface area contributed by atoms with Gasteiger partial charge >= 0.3 is 0 Å². The number of hydrogen-bond acceptors (Lipinski definition) is 5. The Balaban J connectivity index is 1.70. The van der Waals surface area contributed by atoms with Crippen LogP contribution in [0.3, 0.4) is 0 Å². The number of aromatic amines is 1. The van der Waals surface area contributed by atoms with Gasteiger partial charge in [-0.1, -0.05) is 0 Å². The quantitative estimate of drug-likeness (QED) is 0.925. The smallest absolute Gasteiger partial charge is 0.248 e. The first kappa shape index (κ1) is 15.6. The van der Waals surface area contributed by atoms with Gasteiger partial charge in [0.2, 0.25) is 5.91 Å². The van der Waals surface area contributed by atoms with Gasteiger partial charge in [-0.3, -0.25) is 19.9 Å². The number of nitrogens with one attached hydrogen (secondary N) is 1. The number of H-pyrrole nitrogens is 1. The molecule has 1 aliphatic rings. The molecule has 3 heterocycles. The molecule has 0 spiro atoms. The van der Waals surface area contributed by atoms with E-state index in [-0.39, 0.29) is 18.4 Å². The number of ether oxygens (including phenoxy) is 1. The molecular weight excluding hydrogens is 294 g/mol. The lowest BCUT2D eigenvalue weighted by molar-refractivity contribution is -0.136. The molecule has 7 heteroatoms. The number of aromatic nitrogens is 4. The highest BCUT2D eigenvalue weighted by atomic mass is 16.5. The second-order valence-electron chi connectivity index (χ2n) is 5.87. The van der Waals surface area contributed by atoms with Gasteiger partial charge in [-0.2, -0.15) is 5.10 Å². The van der Waals surface area contributed by atoms with Crippen LogP contribution in [-0.4, -0.2) is 57.8 Å². The Morgan fingerprint density at radius 3 is 2.91 bits per heavy atom. The van der Waals surface area contributed by atoms with Crippen molar-refractivity contribution in [2.75, 3.05) is 26.8 Å². The molecule has 0 saturated carbocycles. The van der Waals surface area contributed by atoms with E-state index in [9.17, 15) is 4.79 Å². The van der Waals surface area contributed by atoms with Crippen LogP contribution in [-0.2, 0) is 9.53 Å². The fourth-order valence-electron chi connectivity index (χ4n) is 2.89. The van der Waals surface area contributed by atoms with E-state index in [2.05, 4.69) is 20.2 Å². The Morgan fingerprint density at radius 2 is 2.26 bits per heavy atom. The SMILES string of the molecule is COCC(=O)N1CCC[C@H](c2cnc(-c3cc(C)[nH]n3)cn2)C1. The molecule has 122 valence electrons. The number of piperidine rings is 1. The maximum absolute atomic E-state index is 12.0. The molecule has 23 heavy (non-hydrogen) atoms. The fraction of sp³-hybridized carbons (Fsp3) is 0.500. The second-order valence-corrected chi connectivity index (χ2v) is 5.87. The maximum atomic E-state index is 12.0. The van der Waals surface area contributed by atoms with Crippen molar-refractivity contribution >= 4 is 5.91 Å². The summed E-state index contributed by atoms with van der Waals surface area (Å²) in [6.45, 7) is 3.55. The molecular formula is C16H21N5O2. The van der Waals surface area contributed by atoms with Crippen molar-refractivity contribution in [1.29, 1.82) is 0 Å². The zero-order valence-electron chi connectivity index (χ0n) is 13.5. The monoisotopic (exact) mass is 315 g/mol. The van der Waals surface area contributed by atoms with Crippen LogP contribution < -0.4 is 0 Å². The highest BCUT2D eigenvalue weighted by Gasteiger charge is 2.25. The molecule has 1 N–H and O–H groups in total. The molecule has 0 radical (unpaired) electrons. The van der Waals surface area contributed by atoms with Gasteiger partial charge in [0.05, 0.1) is 11.9 Å². The Morgan fingerprint density at radius 1 is 1.39 bits per heavy atom. The summed E-state index contributed by atoms with van der Waals surface area (Å²) in [6.07, 6.45) is 5.55. The molecule has 1 fully saturated rings. The summed E-state index contributed by atoms with van der Waals surface area (Å²) in [5.74, 6) is 0.265. The lowest BCUT2D eigenvalue weighted by atomic mass is 9.95. The number of nitrogens with zero attached hydrogens (tertiary/aromatic N) is 4. The lowest BCUT2D eigenvalue weighted by Gasteiger charge is -2.32. The van der Waals surface area contributed by atoms with Crippen molar-refractivity contribution in [1.82, 2.24) is 25.1 Å². The van der Waals surface area contributed by atoms with Crippen molar-refractivity contribution in [3.05, 3.63) is 29.8 Å². The minimum absolute atomic E-state index is 0.0359. The van der Waals surface area contributed by atoms with E-state index in [1.807, 2.05) is 17.9 Å². The summed E-state index contributed by atoms with van der Waals surface area (Å²) in [5.41, 5.74) is 3.46. The molecule has 0 aromatic carbocycles. The van der Waals surface area contributed by atoms with E-state index in [1.54, 1.807) is 19.5 Å². The summed E-state index contributed by atoms with van der Waals surface area (Å²) in [6, 6.07) is 1.94. The van der Waals surface area contributed by atoms with Crippen LogP contribution in [0.4, 0.5) is 0 Å². The summed E-state index contributed by atoms with van der Waals surface area (Å²) in [5, 5.41) is 7.09. The highest BCUT2D eigenvalue weighted by molar-refractivity contribution is 5.77. The molecule has 2 aromatic rings. The van der Waals surface area contributed by atoms with Gasteiger partial charge in [0.1, 0.15) is 18.0 Å². The first-order valence-electron chi connectivity index (χ1n) is 7.78. The zero-order valence-corrected chi connectivity index (χ0v) is 13.5. The van der Waals surface area contributed by atoms with E-state index < -0.39 is 0 Å². The largest absolute Gasteiger partial charge is 0.375 e. The minimum Gasteiger partial charge on any atom is -0.375 e. The van der Waals surface area contributed by atoms with Crippen LogP contribution in [0, 0.1) is 6.92 Å². The number of hydrogen-bond donors (Lipinski definition) is 1. The van der Waals surface area contributed by atoms with Crippen LogP contribution in [0.1, 0.15) is 30.1 Å². The lowest BCUT2D eigenvalue weighted by Crippen LogP contribution is -2.41. The molecule has 0 bridgehead atoms. The van der Waals surface area contributed by atoms with Gasteiger partial charge < -0.3 is 9.64 Å². The van der Waals surface area contributed by atoms with Crippen LogP contribution >= 0.6 is 0 Å². The van der Waals surface area contributed by atoms with E-state index in [0.717, 1.165) is 42.2 Å². The normalized spacial score (nSPS) is 18.2. The molecule has 7 nitrogen and oxygen atoms in total. The molecule has 1 saturated heterocycles. The molecule has 1 amide bonds. The Bertz CT molecular complexity index is 667. The van der Waals surface area contributed by atoms with E-state index in [0.29, 0.717) is 6.54 Å². The third-order valence-electron chi connectivity index (χ3n) is 4.10. The molecule has 1 aliphatic heterocycles. The second kappa shape index (κ2) is 6.87.